The van der Waals surface area contributed by atoms with Crippen LogP contribution in [0.4, 0.5) is 0 Å². The molecule has 3 nitrogen and oxygen atoms in total. The summed E-state index contributed by atoms with van der Waals surface area (Å²) in [6.07, 6.45) is 12.7. The van der Waals surface area contributed by atoms with Crippen molar-refractivity contribution in [2.24, 2.45) is 11.8 Å². The summed E-state index contributed by atoms with van der Waals surface area (Å²) in [6, 6.07) is 0. The zero-order valence-electron chi connectivity index (χ0n) is 11.6. The lowest BCUT2D eigenvalue weighted by Gasteiger charge is -2.01. The number of hydrogen-bond donors (Lipinski definition) is 1. The molecule has 1 saturated carbocycles. The summed E-state index contributed by atoms with van der Waals surface area (Å²) in [5, 5.41) is 0. The van der Waals surface area contributed by atoms with Crippen molar-refractivity contribution in [3.63, 3.8) is 0 Å². The van der Waals surface area contributed by atoms with Crippen LogP contribution in [0.25, 0.3) is 0 Å². The average molecular weight is 276 g/mol. The summed E-state index contributed by atoms with van der Waals surface area (Å²) in [4.78, 5) is 0. The highest BCUT2D eigenvalue weighted by Crippen LogP contribution is 2.43. The van der Waals surface area contributed by atoms with Crippen LogP contribution >= 0.6 is 0 Å². The minimum absolute atomic E-state index is 0.0192. The first kappa shape index (κ1) is 16.0. The smallest absolute Gasteiger partial charge is 0.265 e. The van der Waals surface area contributed by atoms with Crippen LogP contribution in [-0.4, -0.2) is 18.7 Å². The molecule has 0 aromatic heterocycles. The van der Waals surface area contributed by atoms with Gasteiger partial charge in [0.2, 0.25) is 0 Å². The molecular formula is C14H28O3S. The minimum Gasteiger partial charge on any atom is -0.286 e. The molecule has 1 N–H and O–H groups in total. The number of hydrogen-bond acceptors (Lipinski definition) is 2. The Morgan fingerprint density at radius 2 is 1.50 bits per heavy atom. The Hall–Kier alpha value is -0.0900. The highest BCUT2D eigenvalue weighted by Gasteiger charge is 2.38. The lowest BCUT2D eigenvalue weighted by atomic mass is 10.1. The van der Waals surface area contributed by atoms with Gasteiger partial charge < -0.3 is 0 Å². The molecule has 0 radical (unpaired) electrons. The van der Waals surface area contributed by atoms with Crippen LogP contribution in [0, 0.1) is 11.8 Å². The fourth-order valence-electron chi connectivity index (χ4n) is 2.68. The van der Waals surface area contributed by atoms with E-state index in [1.54, 1.807) is 0 Å². The van der Waals surface area contributed by atoms with Gasteiger partial charge in [0.05, 0.1) is 5.75 Å². The van der Waals surface area contributed by atoms with E-state index in [0.29, 0.717) is 5.92 Å². The van der Waals surface area contributed by atoms with E-state index >= 15 is 0 Å². The maximum absolute atomic E-state index is 10.7. The molecule has 0 bridgehead atoms. The van der Waals surface area contributed by atoms with E-state index in [-0.39, 0.29) is 11.7 Å². The Balaban J connectivity index is 1.86. The second-order valence-electron chi connectivity index (χ2n) is 5.77. The van der Waals surface area contributed by atoms with Gasteiger partial charge >= 0.3 is 0 Å². The van der Waals surface area contributed by atoms with Crippen molar-refractivity contribution in [3.05, 3.63) is 0 Å². The highest BCUT2D eigenvalue weighted by molar-refractivity contribution is 7.85. The van der Waals surface area contributed by atoms with Crippen LogP contribution in [0.3, 0.4) is 0 Å². The van der Waals surface area contributed by atoms with Gasteiger partial charge in [-0.2, -0.15) is 8.42 Å². The molecule has 0 heterocycles. The third-order valence-corrected chi connectivity index (χ3v) is 4.77. The molecule has 0 saturated heterocycles. The summed E-state index contributed by atoms with van der Waals surface area (Å²) in [5.74, 6) is 0.783. The topological polar surface area (TPSA) is 54.4 Å². The molecule has 0 aromatic rings. The van der Waals surface area contributed by atoms with E-state index in [4.69, 9.17) is 4.55 Å². The van der Waals surface area contributed by atoms with Gasteiger partial charge in [-0.05, 0) is 18.3 Å². The lowest BCUT2D eigenvalue weighted by molar-refractivity contribution is 0.475. The van der Waals surface area contributed by atoms with Crippen molar-refractivity contribution in [1.82, 2.24) is 0 Å². The van der Waals surface area contributed by atoms with E-state index in [2.05, 4.69) is 6.92 Å². The molecular weight excluding hydrogens is 248 g/mol. The van der Waals surface area contributed by atoms with Crippen LogP contribution in [0.2, 0.25) is 0 Å². The van der Waals surface area contributed by atoms with Crippen LogP contribution in [0.15, 0.2) is 0 Å². The summed E-state index contributed by atoms with van der Waals surface area (Å²) < 4.78 is 30.1. The molecule has 2 unspecified atom stereocenters. The zero-order chi connectivity index (χ0) is 13.4. The van der Waals surface area contributed by atoms with E-state index in [1.807, 2.05) is 0 Å². The van der Waals surface area contributed by atoms with Gasteiger partial charge in [-0.25, -0.2) is 0 Å². The average Bonchev–Trinajstić information content (AvgIpc) is 2.98. The Morgan fingerprint density at radius 1 is 0.944 bits per heavy atom. The third kappa shape index (κ3) is 8.09. The molecule has 0 amide bonds. The minimum atomic E-state index is -3.74. The SMILES string of the molecule is CCCCCCCCCCC1CC1CS(=O)(=O)O. The normalized spacial score (nSPS) is 23.2. The monoisotopic (exact) mass is 276 g/mol. The van der Waals surface area contributed by atoms with Gasteiger partial charge in [-0.1, -0.05) is 64.7 Å². The first-order valence-electron chi connectivity index (χ1n) is 7.48. The third-order valence-electron chi connectivity index (χ3n) is 3.92. The largest absolute Gasteiger partial charge is 0.286 e. The molecule has 1 rings (SSSR count). The van der Waals surface area contributed by atoms with Crippen molar-refractivity contribution in [3.8, 4) is 0 Å². The second-order valence-corrected chi connectivity index (χ2v) is 7.27. The van der Waals surface area contributed by atoms with Gasteiger partial charge in [0.1, 0.15) is 0 Å². The number of rotatable bonds is 11. The van der Waals surface area contributed by atoms with Crippen molar-refractivity contribution < 1.29 is 13.0 Å². The second kappa shape index (κ2) is 8.16. The van der Waals surface area contributed by atoms with E-state index in [1.165, 1.54) is 51.4 Å². The molecule has 108 valence electrons. The van der Waals surface area contributed by atoms with Gasteiger partial charge in [0.25, 0.3) is 10.1 Å². The van der Waals surface area contributed by atoms with Gasteiger partial charge in [0.15, 0.2) is 0 Å². The van der Waals surface area contributed by atoms with Gasteiger partial charge in [-0.15, -0.1) is 0 Å². The van der Waals surface area contributed by atoms with Gasteiger partial charge in [0, 0.05) is 0 Å². The molecule has 0 aromatic carbocycles. The zero-order valence-corrected chi connectivity index (χ0v) is 12.4. The maximum Gasteiger partial charge on any atom is 0.265 e. The fraction of sp³-hybridized carbons (Fsp3) is 1.00. The maximum atomic E-state index is 10.7. The first-order chi connectivity index (χ1) is 8.53. The molecule has 1 aliphatic carbocycles. The predicted octanol–water partition coefficient (Wildman–Crippen LogP) is 4.04. The molecule has 4 heteroatoms. The summed E-state index contributed by atoms with van der Waals surface area (Å²) in [6.45, 7) is 2.23. The Morgan fingerprint density at radius 3 is 2.06 bits per heavy atom. The van der Waals surface area contributed by atoms with Crippen LogP contribution in [-0.2, 0) is 10.1 Å². The van der Waals surface area contributed by atoms with Crippen LogP contribution in [0.5, 0.6) is 0 Å². The molecule has 1 fully saturated rings. The lowest BCUT2D eigenvalue weighted by Crippen LogP contribution is -2.06. The highest BCUT2D eigenvalue weighted by atomic mass is 32.2. The van der Waals surface area contributed by atoms with Crippen molar-refractivity contribution in [2.75, 3.05) is 5.75 Å². The van der Waals surface area contributed by atoms with E-state index in [0.717, 1.165) is 12.8 Å². The molecule has 0 aliphatic heterocycles. The predicted molar refractivity (Wildman–Crippen MR) is 75.2 cm³/mol. The quantitative estimate of drug-likeness (QED) is 0.457. The van der Waals surface area contributed by atoms with Crippen molar-refractivity contribution >= 4 is 10.1 Å². The van der Waals surface area contributed by atoms with E-state index < -0.39 is 10.1 Å². The molecule has 18 heavy (non-hydrogen) atoms. The fourth-order valence-corrected chi connectivity index (χ4v) is 3.63. The van der Waals surface area contributed by atoms with Gasteiger partial charge in [-0.3, -0.25) is 4.55 Å². The summed E-state index contributed by atoms with van der Waals surface area (Å²) >= 11 is 0. The van der Waals surface area contributed by atoms with E-state index in [9.17, 15) is 8.42 Å². The van der Waals surface area contributed by atoms with Crippen molar-refractivity contribution in [2.45, 2.75) is 71.1 Å². The Labute approximate surface area is 112 Å². The number of unbranched alkanes of at least 4 members (excludes halogenated alkanes) is 7. The Kier molecular flexibility index (Phi) is 7.23. The molecule has 2 atom stereocenters. The summed E-state index contributed by atoms with van der Waals surface area (Å²) in [7, 11) is -3.74. The van der Waals surface area contributed by atoms with Crippen LogP contribution in [0.1, 0.15) is 71.1 Å². The molecule has 0 spiro atoms. The first-order valence-corrected chi connectivity index (χ1v) is 9.09. The molecule has 1 aliphatic rings. The van der Waals surface area contributed by atoms with Crippen molar-refractivity contribution in [1.29, 1.82) is 0 Å². The summed E-state index contributed by atoms with van der Waals surface area (Å²) in [5.41, 5.74) is 0. The standard InChI is InChI=1S/C14H28O3S/c1-2-3-4-5-6-7-8-9-10-13-11-14(13)12-18(15,16)17/h13-14H,2-12H2,1H3,(H,15,16,17). The van der Waals surface area contributed by atoms with Crippen LogP contribution < -0.4 is 0 Å². The Bertz CT molecular complexity index is 311.